The van der Waals surface area contributed by atoms with Crippen molar-refractivity contribution in [2.45, 2.75) is 37.8 Å². The summed E-state index contributed by atoms with van der Waals surface area (Å²) in [6.07, 6.45) is 6.63. The number of nitrogens with zero attached hydrogens (tertiary/aromatic N) is 2. The fourth-order valence-corrected chi connectivity index (χ4v) is 3.72. The van der Waals surface area contributed by atoms with Gasteiger partial charge in [0.1, 0.15) is 11.6 Å². The summed E-state index contributed by atoms with van der Waals surface area (Å²) in [5.41, 5.74) is 10.8. The second-order valence-corrected chi connectivity index (χ2v) is 6.18. The first-order chi connectivity index (χ1) is 10.7. The minimum atomic E-state index is -0.190. The number of ether oxygens (including phenoxy) is 1. The van der Waals surface area contributed by atoms with Gasteiger partial charge in [-0.15, -0.1) is 0 Å². The number of fused-ring (bicyclic) bond motifs is 1. The van der Waals surface area contributed by atoms with Crippen LogP contribution in [0.2, 0.25) is 0 Å². The van der Waals surface area contributed by atoms with E-state index in [0.29, 0.717) is 6.02 Å². The summed E-state index contributed by atoms with van der Waals surface area (Å²) in [7, 11) is 0. The molecule has 2 aliphatic rings. The minimum Gasteiger partial charge on any atom is -0.460 e. The number of aliphatic imine (C=N–C) groups is 1. The monoisotopic (exact) mass is 293 g/mol. The smallest absolute Gasteiger partial charge is 0.282 e. The molecule has 22 heavy (non-hydrogen) atoms. The lowest BCUT2D eigenvalue weighted by Gasteiger charge is -2.35. The molecule has 2 aromatic rings. The highest BCUT2D eigenvalue weighted by Gasteiger charge is 2.45. The lowest BCUT2D eigenvalue weighted by atomic mass is 9.74. The van der Waals surface area contributed by atoms with Crippen LogP contribution in [0.5, 0.6) is 0 Å². The highest BCUT2D eigenvalue weighted by atomic mass is 16.5. The normalized spacial score (nSPS) is 26.4. The van der Waals surface area contributed by atoms with Crippen molar-refractivity contribution >= 4 is 6.02 Å². The van der Waals surface area contributed by atoms with Gasteiger partial charge in [0, 0.05) is 24.4 Å². The Morgan fingerprint density at radius 2 is 2.18 bits per heavy atom. The van der Waals surface area contributed by atoms with E-state index in [1.54, 1.807) is 0 Å². The van der Waals surface area contributed by atoms with Gasteiger partial charge >= 0.3 is 0 Å². The maximum atomic E-state index is 5.79. The van der Waals surface area contributed by atoms with Crippen LogP contribution >= 0.6 is 0 Å². The molecule has 1 spiro atoms. The van der Waals surface area contributed by atoms with Crippen molar-refractivity contribution < 1.29 is 4.74 Å². The standard InChI is InChI=1S/C18H19N3O/c1-12-18(21-17(19)22-12)8-7-16-13(10-18)4-2-6-15(16)14-5-3-9-20-11-14/h2-6,9,11-12H,7-8,10H2,1H3,(H2,19,21). The first-order valence-electron chi connectivity index (χ1n) is 7.71. The van der Waals surface area contributed by atoms with Crippen molar-refractivity contribution in [2.24, 2.45) is 10.7 Å². The van der Waals surface area contributed by atoms with Crippen LogP contribution < -0.4 is 5.73 Å². The topological polar surface area (TPSA) is 60.5 Å². The molecule has 112 valence electrons. The van der Waals surface area contributed by atoms with E-state index in [1.807, 2.05) is 18.5 Å². The number of pyridine rings is 1. The Kier molecular flexibility index (Phi) is 2.93. The molecule has 2 heterocycles. The van der Waals surface area contributed by atoms with Crippen LogP contribution in [0.15, 0.2) is 47.7 Å². The number of nitrogens with two attached hydrogens (primary N) is 1. The minimum absolute atomic E-state index is 0.0442. The molecule has 4 heteroatoms. The Labute approximate surface area is 130 Å². The van der Waals surface area contributed by atoms with Crippen LogP contribution in [0.4, 0.5) is 0 Å². The molecule has 0 saturated carbocycles. The molecule has 4 nitrogen and oxygen atoms in total. The summed E-state index contributed by atoms with van der Waals surface area (Å²) in [5.74, 6) is 0. The van der Waals surface area contributed by atoms with Gasteiger partial charge in [0.05, 0.1) is 0 Å². The Morgan fingerprint density at radius 1 is 1.27 bits per heavy atom. The summed E-state index contributed by atoms with van der Waals surface area (Å²) in [6.45, 7) is 2.07. The van der Waals surface area contributed by atoms with E-state index < -0.39 is 0 Å². The Bertz CT molecular complexity index is 741. The summed E-state index contributed by atoms with van der Waals surface area (Å²) < 4.78 is 5.60. The first kappa shape index (κ1) is 13.3. The predicted molar refractivity (Wildman–Crippen MR) is 86.6 cm³/mol. The maximum absolute atomic E-state index is 5.79. The molecule has 1 aliphatic carbocycles. The van der Waals surface area contributed by atoms with Gasteiger partial charge in [-0.2, -0.15) is 0 Å². The highest BCUT2D eigenvalue weighted by Crippen LogP contribution is 2.41. The number of aromatic nitrogens is 1. The lowest BCUT2D eigenvalue weighted by Crippen LogP contribution is -2.41. The van der Waals surface area contributed by atoms with Crippen LogP contribution in [-0.2, 0) is 17.6 Å². The molecule has 0 amide bonds. The van der Waals surface area contributed by atoms with E-state index in [-0.39, 0.29) is 11.6 Å². The van der Waals surface area contributed by atoms with Crippen molar-refractivity contribution in [1.82, 2.24) is 4.98 Å². The molecule has 2 unspecified atom stereocenters. The Hall–Kier alpha value is -2.36. The largest absolute Gasteiger partial charge is 0.460 e. The molecule has 1 aromatic carbocycles. The molecule has 0 fully saturated rings. The highest BCUT2D eigenvalue weighted by molar-refractivity contribution is 5.75. The zero-order valence-electron chi connectivity index (χ0n) is 12.6. The third-order valence-electron chi connectivity index (χ3n) is 4.94. The van der Waals surface area contributed by atoms with Gasteiger partial charge < -0.3 is 10.5 Å². The van der Waals surface area contributed by atoms with E-state index in [9.17, 15) is 0 Å². The number of hydrogen-bond donors (Lipinski definition) is 1. The summed E-state index contributed by atoms with van der Waals surface area (Å²) in [6, 6.07) is 10.9. The van der Waals surface area contributed by atoms with Gasteiger partial charge in [0.15, 0.2) is 0 Å². The van der Waals surface area contributed by atoms with Crippen molar-refractivity contribution in [3.8, 4) is 11.1 Å². The van der Waals surface area contributed by atoms with Gasteiger partial charge in [-0.3, -0.25) is 4.98 Å². The maximum Gasteiger partial charge on any atom is 0.282 e. The fourth-order valence-electron chi connectivity index (χ4n) is 3.72. The van der Waals surface area contributed by atoms with Crippen molar-refractivity contribution in [2.75, 3.05) is 0 Å². The third kappa shape index (κ3) is 1.98. The predicted octanol–water partition coefficient (Wildman–Crippen LogP) is 2.71. The molecule has 2 N–H and O–H groups in total. The van der Waals surface area contributed by atoms with Gasteiger partial charge in [-0.05, 0) is 42.5 Å². The van der Waals surface area contributed by atoms with Gasteiger partial charge in [0.25, 0.3) is 6.02 Å². The van der Waals surface area contributed by atoms with Crippen LogP contribution in [0.1, 0.15) is 24.5 Å². The Morgan fingerprint density at radius 3 is 2.91 bits per heavy atom. The van der Waals surface area contributed by atoms with E-state index in [0.717, 1.165) is 19.3 Å². The Balaban J connectivity index is 1.76. The molecular weight excluding hydrogens is 274 g/mol. The summed E-state index contributed by atoms with van der Waals surface area (Å²) >= 11 is 0. The number of rotatable bonds is 1. The first-order valence-corrected chi connectivity index (χ1v) is 7.71. The van der Waals surface area contributed by atoms with Gasteiger partial charge in [-0.25, -0.2) is 4.99 Å². The molecule has 0 bridgehead atoms. The van der Waals surface area contributed by atoms with Gasteiger partial charge in [0.2, 0.25) is 0 Å². The van der Waals surface area contributed by atoms with E-state index in [1.165, 1.54) is 22.3 Å². The second-order valence-electron chi connectivity index (χ2n) is 6.18. The number of amidine groups is 1. The van der Waals surface area contributed by atoms with Crippen molar-refractivity contribution in [3.63, 3.8) is 0 Å². The average molecular weight is 293 g/mol. The molecule has 2 atom stereocenters. The molecule has 1 aliphatic heterocycles. The summed E-state index contributed by atoms with van der Waals surface area (Å²) in [4.78, 5) is 8.87. The average Bonchev–Trinajstić information content (AvgIpc) is 2.80. The van der Waals surface area contributed by atoms with E-state index in [4.69, 9.17) is 10.5 Å². The molecule has 1 aromatic heterocycles. The van der Waals surface area contributed by atoms with E-state index >= 15 is 0 Å². The van der Waals surface area contributed by atoms with Crippen LogP contribution in [0.3, 0.4) is 0 Å². The van der Waals surface area contributed by atoms with Gasteiger partial charge in [-0.1, -0.05) is 24.3 Å². The van der Waals surface area contributed by atoms with Crippen LogP contribution in [-0.4, -0.2) is 22.6 Å². The molecule has 0 radical (unpaired) electrons. The van der Waals surface area contributed by atoms with E-state index in [2.05, 4.69) is 41.2 Å². The third-order valence-corrected chi connectivity index (χ3v) is 4.94. The quantitative estimate of drug-likeness (QED) is 0.879. The zero-order chi connectivity index (χ0) is 15.2. The fraction of sp³-hybridized carbons (Fsp3) is 0.333. The number of hydrogen-bond acceptors (Lipinski definition) is 4. The molecular formula is C18H19N3O. The zero-order valence-corrected chi connectivity index (χ0v) is 12.6. The SMILES string of the molecule is CC1OC(N)=NC12CCc1c(cccc1-c1cccnc1)C2. The second kappa shape index (κ2) is 4.83. The van der Waals surface area contributed by atoms with Crippen molar-refractivity contribution in [1.29, 1.82) is 0 Å². The van der Waals surface area contributed by atoms with Crippen molar-refractivity contribution in [3.05, 3.63) is 53.9 Å². The van der Waals surface area contributed by atoms with Crippen LogP contribution in [0.25, 0.3) is 11.1 Å². The summed E-state index contributed by atoms with van der Waals surface area (Å²) in [5, 5.41) is 0. The molecule has 0 saturated heterocycles. The molecule has 4 rings (SSSR count). The lowest BCUT2D eigenvalue weighted by molar-refractivity contribution is 0.140. The number of benzene rings is 1. The van der Waals surface area contributed by atoms with Crippen LogP contribution in [0, 0.1) is 0 Å².